The number of rotatable bonds is 6. The van der Waals surface area contributed by atoms with Crippen LogP contribution < -0.4 is 0 Å². The second-order valence-corrected chi connectivity index (χ2v) is 8.39. The highest BCUT2D eigenvalue weighted by Gasteiger charge is 2.36. The molecular weight excluding hydrogens is 407 g/mol. The van der Waals surface area contributed by atoms with Crippen LogP contribution in [0.5, 0.6) is 5.88 Å². The van der Waals surface area contributed by atoms with Crippen LogP contribution in [0.4, 0.5) is 4.39 Å². The number of aryl methyl sites for hydroxylation is 1. The molecule has 1 N–H and O–H groups in total. The first-order valence-electron chi connectivity index (χ1n) is 10.3. The molecule has 3 aromatic rings. The van der Waals surface area contributed by atoms with E-state index in [9.17, 15) is 14.3 Å². The van der Waals surface area contributed by atoms with Crippen LogP contribution in [0.1, 0.15) is 49.0 Å². The van der Waals surface area contributed by atoms with Gasteiger partial charge >= 0.3 is 5.97 Å². The summed E-state index contributed by atoms with van der Waals surface area (Å²) in [6.45, 7) is 5.19. The van der Waals surface area contributed by atoms with Crippen molar-refractivity contribution in [3.05, 3.63) is 46.3 Å². The van der Waals surface area contributed by atoms with E-state index >= 15 is 0 Å². The smallest absolute Gasteiger partial charge is 0.310 e. The van der Waals surface area contributed by atoms with Gasteiger partial charge in [-0.3, -0.25) is 9.69 Å². The zero-order valence-electron chi connectivity index (χ0n) is 17.0. The summed E-state index contributed by atoms with van der Waals surface area (Å²) in [4.78, 5) is 20.0. The maximum Gasteiger partial charge on any atom is 0.310 e. The molecule has 1 aromatic carbocycles. The number of benzene rings is 1. The molecule has 7 nitrogen and oxygen atoms in total. The van der Waals surface area contributed by atoms with Crippen LogP contribution in [0.15, 0.2) is 24.3 Å². The minimum Gasteiger partial charge on any atom is -0.492 e. The largest absolute Gasteiger partial charge is 0.492 e. The first-order valence-corrected chi connectivity index (χ1v) is 11.1. The summed E-state index contributed by atoms with van der Waals surface area (Å²) >= 11 is 1.30. The fourth-order valence-electron chi connectivity index (χ4n) is 4.01. The number of piperidine rings is 1. The minimum atomic E-state index is -0.540. The highest BCUT2D eigenvalue weighted by molar-refractivity contribution is 7.17. The number of nitrogens with zero attached hydrogens (tertiary/aromatic N) is 4. The highest BCUT2D eigenvalue weighted by atomic mass is 32.1. The Kier molecular flexibility index (Phi) is 6.01. The van der Waals surface area contributed by atoms with Crippen molar-refractivity contribution in [3.8, 4) is 5.88 Å². The van der Waals surface area contributed by atoms with Crippen LogP contribution in [0.3, 0.4) is 0 Å². The van der Waals surface area contributed by atoms with Crippen LogP contribution in [0.25, 0.3) is 4.96 Å². The molecule has 9 heteroatoms. The van der Waals surface area contributed by atoms with Gasteiger partial charge in [-0.2, -0.15) is 4.52 Å². The van der Waals surface area contributed by atoms with E-state index < -0.39 is 6.04 Å². The molecule has 0 spiro atoms. The third-order valence-electron chi connectivity index (χ3n) is 5.45. The van der Waals surface area contributed by atoms with Crippen molar-refractivity contribution in [2.75, 3.05) is 19.7 Å². The van der Waals surface area contributed by atoms with E-state index in [0.29, 0.717) is 47.3 Å². The zero-order chi connectivity index (χ0) is 21.3. The number of carbonyl (C=O) groups excluding carboxylic acids is 1. The van der Waals surface area contributed by atoms with Crippen LogP contribution >= 0.6 is 11.3 Å². The molecule has 1 fully saturated rings. The van der Waals surface area contributed by atoms with Crippen molar-refractivity contribution in [1.82, 2.24) is 19.5 Å². The van der Waals surface area contributed by atoms with E-state index in [4.69, 9.17) is 4.74 Å². The molecule has 0 radical (unpaired) electrons. The van der Waals surface area contributed by atoms with E-state index in [2.05, 4.69) is 15.0 Å². The fourth-order valence-corrected chi connectivity index (χ4v) is 5.14. The quantitative estimate of drug-likeness (QED) is 0.600. The summed E-state index contributed by atoms with van der Waals surface area (Å²) in [6.07, 6.45) is 2.18. The first-order chi connectivity index (χ1) is 14.5. The molecule has 2 atom stereocenters. The molecule has 0 bridgehead atoms. The Morgan fingerprint density at radius 1 is 1.40 bits per heavy atom. The Morgan fingerprint density at radius 3 is 2.90 bits per heavy atom. The third-order valence-corrected chi connectivity index (χ3v) is 6.52. The molecule has 1 aliphatic rings. The Balaban J connectivity index is 1.76. The van der Waals surface area contributed by atoms with Gasteiger partial charge in [0.25, 0.3) is 0 Å². The van der Waals surface area contributed by atoms with E-state index in [0.717, 1.165) is 12.8 Å². The lowest BCUT2D eigenvalue weighted by molar-refractivity contribution is -0.150. The predicted octanol–water partition coefficient (Wildman–Crippen LogP) is 3.56. The lowest BCUT2D eigenvalue weighted by Gasteiger charge is -2.37. The van der Waals surface area contributed by atoms with Gasteiger partial charge in [0.15, 0.2) is 5.82 Å². The molecule has 3 heterocycles. The minimum absolute atomic E-state index is 0.0336. The molecule has 0 unspecified atom stereocenters. The maximum absolute atomic E-state index is 14.9. The van der Waals surface area contributed by atoms with Crippen molar-refractivity contribution in [2.24, 2.45) is 5.92 Å². The Labute approximate surface area is 178 Å². The molecule has 160 valence electrons. The van der Waals surface area contributed by atoms with Gasteiger partial charge in [0.1, 0.15) is 5.82 Å². The monoisotopic (exact) mass is 432 g/mol. The van der Waals surface area contributed by atoms with Crippen molar-refractivity contribution >= 4 is 22.3 Å². The maximum atomic E-state index is 14.9. The number of esters is 1. The van der Waals surface area contributed by atoms with Crippen molar-refractivity contribution < 1.29 is 19.0 Å². The van der Waals surface area contributed by atoms with Gasteiger partial charge in [0, 0.05) is 18.5 Å². The summed E-state index contributed by atoms with van der Waals surface area (Å²) in [5.41, 5.74) is 0.456. The molecular formula is C21H25FN4O3S. The van der Waals surface area contributed by atoms with E-state index in [1.165, 1.54) is 21.9 Å². The van der Waals surface area contributed by atoms with Gasteiger partial charge in [0.05, 0.1) is 23.4 Å². The van der Waals surface area contributed by atoms with Crippen molar-refractivity contribution in [1.29, 1.82) is 0 Å². The molecule has 4 rings (SSSR count). The van der Waals surface area contributed by atoms with Crippen molar-refractivity contribution in [3.63, 3.8) is 0 Å². The van der Waals surface area contributed by atoms with Crippen LogP contribution in [0.2, 0.25) is 0 Å². The number of halogens is 1. The van der Waals surface area contributed by atoms with E-state index in [1.807, 2.05) is 6.92 Å². The van der Waals surface area contributed by atoms with Gasteiger partial charge in [-0.1, -0.05) is 36.5 Å². The summed E-state index contributed by atoms with van der Waals surface area (Å²) in [5, 5.41) is 15.3. The Hall–Kier alpha value is -2.52. The lowest BCUT2D eigenvalue weighted by atomic mass is 9.94. The number of hydrogen-bond acceptors (Lipinski definition) is 7. The number of fused-ring (bicyclic) bond motifs is 1. The predicted molar refractivity (Wildman–Crippen MR) is 111 cm³/mol. The van der Waals surface area contributed by atoms with E-state index in [-0.39, 0.29) is 23.6 Å². The number of hydrogen-bond donors (Lipinski definition) is 1. The average molecular weight is 433 g/mol. The molecule has 0 aliphatic carbocycles. The number of aromatic hydroxyl groups is 1. The summed E-state index contributed by atoms with van der Waals surface area (Å²) in [7, 11) is 0. The van der Waals surface area contributed by atoms with Crippen LogP contribution in [-0.4, -0.2) is 50.3 Å². The second-order valence-electron chi connectivity index (χ2n) is 7.38. The Morgan fingerprint density at radius 2 is 2.20 bits per heavy atom. The number of aromatic nitrogens is 3. The fraction of sp³-hybridized carbons (Fsp3) is 0.476. The highest BCUT2D eigenvalue weighted by Crippen LogP contribution is 2.42. The van der Waals surface area contributed by atoms with Crippen LogP contribution in [0, 0.1) is 11.7 Å². The normalized spacial score (nSPS) is 18.6. The molecule has 30 heavy (non-hydrogen) atoms. The number of likely N-dealkylation sites (tertiary alicyclic amines) is 1. The summed E-state index contributed by atoms with van der Waals surface area (Å²) in [6, 6.07) is 6.02. The van der Waals surface area contributed by atoms with Gasteiger partial charge in [-0.25, -0.2) is 9.37 Å². The molecule has 0 amide bonds. The lowest BCUT2D eigenvalue weighted by Crippen LogP contribution is -2.41. The molecule has 1 saturated heterocycles. The van der Waals surface area contributed by atoms with Crippen molar-refractivity contribution in [2.45, 2.75) is 39.2 Å². The number of carbonyl (C=O) groups is 1. The summed E-state index contributed by atoms with van der Waals surface area (Å²) in [5.74, 6) is -0.245. The van der Waals surface area contributed by atoms with E-state index in [1.54, 1.807) is 25.1 Å². The van der Waals surface area contributed by atoms with Gasteiger partial charge in [-0.05, 0) is 32.4 Å². The standard InChI is InChI=1S/C21H25FN4O3S/c1-3-16-23-21-26(24-16)19(27)18(30-21)17(14-9-5-6-10-15(14)22)25-11-7-8-13(12-25)20(28)29-4-2/h5-6,9-10,13,17,27H,3-4,7-8,11-12H2,1-2H3/t13-,17+/m0/s1. The Bertz CT molecular complexity index is 1050. The molecule has 0 saturated carbocycles. The van der Waals surface area contributed by atoms with Gasteiger partial charge in [0.2, 0.25) is 10.8 Å². The average Bonchev–Trinajstić information content (AvgIpc) is 3.29. The van der Waals surface area contributed by atoms with Gasteiger partial charge in [-0.15, -0.1) is 5.10 Å². The molecule has 1 aliphatic heterocycles. The molecule has 2 aromatic heterocycles. The summed E-state index contributed by atoms with van der Waals surface area (Å²) < 4.78 is 21.5. The number of ether oxygens (including phenoxy) is 1. The first kappa shape index (κ1) is 20.7. The zero-order valence-corrected chi connectivity index (χ0v) is 17.9. The number of thiazole rings is 1. The third kappa shape index (κ3) is 3.79. The topological polar surface area (TPSA) is 80.0 Å². The SMILES string of the molecule is CCOC(=O)[C@H]1CCCN([C@H](c2ccccc2F)c2sc3nc(CC)nn3c2O)C1. The second kappa shape index (κ2) is 8.69. The van der Waals surface area contributed by atoms with Gasteiger partial charge < -0.3 is 9.84 Å². The van der Waals surface area contributed by atoms with Crippen LogP contribution in [-0.2, 0) is 16.0 Å².